The summed E-state index contributed by atoms with van der Waals surface area (Å²) in [6.45, 7) is 0. The number of rotatable bonds is 1. The van der Waals surface area contributed by atoms with E-state index in [1.54, 1.807) is 10.9 Å². The Kier molecular flexibility index (Phi) is 2.66. The molecule has 1 unspecified atom stereocenters. The molecule has 2 rings (SSSR count). The molecule has 2 aliphatic rings. The lowest BCUT2D eigenvalue weighted by Gasteiger charge is -2.22. The molecule has 0 saturated heterocycles. The van der Waals surface area contributed by atoms with Gasteiger partial charge in [-0.1, -0.05) is 31.4 Å². The molecule has 0 aromatic heterocycles. The zero-order chi connectivity index (χ0) is 8.39. The molecule has 1 fully saturated rings. The van der Waals surface area contributed by atoms with Crippen LogP contribution in [0.15, 0.2) is 23.0 Å². The zero-order valence-corrected chi connectivity index (χ0v) is 8.71. The third-order valence-electron chi connectivity index (χ3n) is 3.05. The normalized spacial score (nSPS) is 25.4. The maximum absolute atomic E-state index is 2.90. The van der Waals surface area contributed by atoms with Gasteiger partial charge in [-0.05, 0) is 36.1 Å². The van der Waals surface area contributed by atoms with Crippen LogP contribution in [0.1, 0.15) is 38.5 Å². The van der Waals surface area contributed by atoms with E-state index in [2.05, 4.69) is 21.4 Å². The SMILES string of the molecule is PC1=C(C2CCCCC2)C=CC1. The fraction of sp³-hybridized carbons (Fsp3) is 0.636. The highest BCUT2D eigenvalue weighted by atomic mass is 31.0. The van der Waals surface area contributed by atoms with E-state index in [-0.39, 0.29) is 0 Å². The van der Waals surface area contributed by atoms with E-state index in [1.165, 1.54) is 38.5 Å². The first-order valence-electron chi connectivity index (χ1n) is 5.03. The van der Waals surface area contributed by atoms with Gasteiger partial charge < -0.3 is 0 Å². The van der Waals surface area contributed by atoms with Gasteiger partial charge in [-0.3, -0.25) is 0 Å². The van der Waals surface area contributed by atoms with Crippen molar-refractivity contribution >= 4 is 9.24 Å². The van der Waals surface area contributed by atoms with Gasteiger partial charge in [0.05, 0.1) is 0 Å². The van der Waals surface area contributed by atoms with Gasteiger partial charge >= 0.3 is 0 Å². The van der Waals surface area contributed by atoms with Crippen molar-refractivity contribution in [2.75, 3.05) is 0 Å². The van der Waals surface area contributed by atoms with E-state index in [0.29, 0.717) is 0 Å². The average Bonchev–Trinajstić information content (AvgIpc) is 2.53. The molecule has 0 aliphatic heterocycles. The van der Waals surface area contributed by atoms with Crippen LogP contribution < -0.4 is 0 Å². The summed E-state index contributed by atoms with van der Waals surface area (Å²) >= 11 is 0. The third kappa shape index (κ3) is 1.64. The molecule has 0 N–H and O–H groups in total. The molecule has 66 valence electrons. The number of hydrogen-bond acceptors (Lipinski definition) is 0. The Morgan fingerprint density at radius 1 is 1.17 bits per heavy atom. The lowest BCUT2D eigenvalue weighted by atomic mass is 9.84. The summed E-state index contributed by atoms with van der Waals surface area (Å²) in [6.07, 6.45) is 13.0. The van der Waals surface area contributed by atoms with Gasteiger partial charge in [0, 0.05) is 0 Å². The first-order chi connectivity index (χ1) is 5.88. The van der Waals surface area contributed by atoms with E-state index < -0.39 is 0 Å². The molecule has 0 aromatic rings. The topological polar surface area (TPSA) is 0 Å². The molecule has 0 aromatic carbocycles. The molecular weight excluding hydrogens is 163 g/mol. The Bertz CT molecular complexity index is 219. The Hall–Kier alpha value is -0.0900. The van der Waals surface area contributed by atoms with Crippen molar-refractivity contribution < 1.29 is 0 Å². The van der Waals surface area contributed by atoms with Crippen molar-refractivity contribution in [2.45, 2.75) is 38.5 Å². The molecule has 0 nitrogen and oxygen atoms in total. The van der Waals surface area contributed by atoms with Gasteiger partial charge in [0.25, 0.3) is 0 Å². The standard InChI is InChI=1S/C11H17P/c12-11-8-4-7-10(11)9-5-2-1-3-6-9/h4,7,9H,1-3,5-6,8,12H2. The lowest BCUT2D eigenvalue weighted by molar-refractivity contribution is 0.408. The summed E-state index contributed by atoms with van der Waals surface area (Å²) in [5.74, 6) is 0.894. The van der Waals surface area contributed by atoms with Crippen LogP contribution in [0.2, 0.25) is 0 Å². The Morgan fingerprint density at radius 3 is 2.50 bits per heavy atom. The highest BCUT2D eigenvalue weighted by Crippen LogP contribution is 2.37. The minimum atomic E-state index is 0.894. The first kappa shape index (κ1) is 8.51. The predicted molar refractivity (Wildman–Crippen MR) is 57.1 cm³/mol. The summed E-state index contributed by atoms with van der Waals surface area (Å²) in [6, 6.07) is 0. The molecule has 1 atom stereocenters. The highest BCUT2D eigenvalue weighted by Gasteiger charge is 2.19. The molecule has 0 spiro atoms. The Labute approximate surface area is 77.3 Å². The van der Waals surface area contributed by atoms with Gasteiger partial charge in [-0.15, -0.1) is 9.24 Å². The maximum Gasteiger partial charge on any atom is -0.00922 e. The van der Waals surface area contributed by atoms with E-state index in [4.69, 9.17) is 0 Å². The fourth-order valence-corrected chi connectivity index (χ4v) is 2.82. The summed E-state index contributed by atoms with van der Waals surface area (Å²) in [5, 5.41) is 1.54. The molecular formula is C11H17P. The predicted octanol–water partition coefficient (Wildman–Crippen LogP) is 3.66. The minimum Gasteiger partial charge on any atom is -0.109 e. The van der Waals surface area contributed by atoms with Crippen molar-refractivity contribution in [2.24, 2.45) is 5.92 Å². The van der Waals surface area contributed by atoms with Crippen molar-refractivity contribution in [3.8, 4) is 0 Å². The van der Waals surface area contributed by atoms with Gasteiger partial charge in [0.15, 0.2) is 0 Å². The van der Waals surface area contributed by atoms with Crippen LogP contribution in [-0.2, 0) is 0 Å². The highest BCUT2D eigenvalue weighted by molar-refractivity contribution is 7.22. The summed E-state index contributed by atoms with van der Waals surface area (Å²) in [4.78, 5) is 0. The van der Waals surface area contributed by atoms with Gasteiger partial charge in [0.1, 0.15) is 0 Å². The monoisotopic (exact) mass is 180 g/mol. The molecule has 1 saturated carbocycles. The quantitative estimate of drug-likeness (QED) is 0.540. The van der Waals surface area contributed by atoms with Crippen molar-refractivity contribution in [3.63, 3.8) is 0 Å². The van der Waals surface area contributed by atoms with E-state index in [9.17, 15) is 0 Å². The third-order valence-corrected chi connectivity index (χ3v) is 3.62. The van der Waals surface area contributed by atoms with Crippen LogP contribution in [0.3, 0.4) is 0 Å². The lowest BCUT2D eigenvalue weighted by Crippen LogP contribution is -2.07. The summed E-state index contributed by atoms with van der Waals surface area (Å²) in [7, 11) is 2.90. The molecule has 0 heterocycles. The van der Waals surface area contributed by atoms with Crippen molar-refractivity contribution in [3.05, 3.63) is 23.0 Å². The Balaban J connectivity index is 2.07. The number of hydrogen-bond donors (Lipinski definition) is 0. The van der Waals surface area contributed by atoms with Crippen LogP contribution >= 0.6 is 9.24 Å². The smallest absolute Gasteiger partial charge is 0.00922 e. The molecule has 0 amide bonds. The van der Waals surface area contributed by atoms with Crippen molar-refractivity contribution in [1.82, 2.24) is 0 Å². The largest absolute Gasteiger partial charge is 0.109 e. The molecule has 0 bridgehead atoms. The van der Waals surface area contributed by atoms with Crippen LogP contribution in [0.5, 0.6) is 0 Å². The second-order valence-electron chi connectivity index (χ2n) is 3.92. The van der Waals surface area contributed by atoms with Gasteiger partial charge in [0.2, 0.25) is 0 Å². The Morgan fingerprint density at radius 2 is 1.92 bits per heavy atom. The fourth-order valence-electron chi connectivity index (χ4n) is 2.35. The van der Waals surface area contributed by atoms with Crippen LogP contribution in [0, 0.1) is 5.92 Å². The van der Waals surface area contributed by atoms with Crippen LogP contribution in [-0.4, -0.2) is 0 Å². The van der Waals surface area contributed by atoms with Crippen molar-refractivity contribution in [1.29, 1.82) is 0 Å². The molecule has 0 radical (unpaired) electrons. The van der Waals surface area contributed by atoms with Crippen LogP contribution in [0.25, 0.3) is 0 Å². The first-order valence-corrected chi connectivity index (χ1v) is 5.61. The molecule has 1 heteroatoms. The van der Waals surface area contributed by atoms with Crippen LogP contribution in [0.4, 0.5) is 0 Å². The van der Waals surface area contributed by atoms with E-state index in [0.717, 1.165) is 5.92 Å². The summed E-state index contributed by atoms with van der Waals surface area (Å²) < 4.78 is 0. The summed E-state index contributed by atoms with van der Waals surface area (Å²) in [5.41, 5.74) is 1.64. The second kappa shape index (κ2) is 3.75. The van der Waals surface area contributed by atoms with E-state index >= 15 is 0 Å². The zero-order valence-electron chi connectivity index (χ0n) is 7.55. The number of allylic oxidation sites excluding steroid dienone is 4. The average molecular weight is 180 g/mol. The van der Waals surface area contributed by atoms with Gasteiger partial charge in [-0.25, -0.2) is 0 Å². The molecule has 2 aliphatic carbocycles. The van der Waals surface area contributed by atoms with Gasteiger partial charge in [-0.2, -0.15) is 0 Å². The van der Waals surface area contributed by atoms with E-state index in [1.807, 2.05) is 0 Å². The second-order valence-corrected chi connectivity index (χ2v) is 4.62. The molecule has 12 heavy (non-hydrogen) atoms. The maximum atomic E-state index is 2.90. The minimum absolute atomic E-state index is 0.894.